The minimum absolute atomic E-state index is 0.122. The molecule has 0 unspecified atom stereocenters. The lowest BCUT2D eigenvalue weighted by Crippen LogP contribution is -2.28. The van der Waals surface area contributed by atoms with Crippen molar-refractivity contribution in [1.82, 2.24) is 5.32 Å². The average Bonchev–Trinajstić information content (AvgIpc) is 1.88. The first kappa shape index (κ1) is 9.47. The molecule has 0 aliphatic carbocycles. The number of unbranched alkanes of at least 4 members (excludes halogenated alkanes) is 1. The predicted molar refractivity (Wildman–Crippen MR) is 42.8 cm³/mol. The quantitative estimate of drug-likeness (QED) is 0.594. The van der Waals surface area contributed by atoms with E-state index < -0.39 is 0 Å². The average molecular weight is 143 g/mol. The first-order valence-electron chi connectivity index (χ1n) is 3.96. The Morgan fingerprint density at radius 1 is 1.50 bits per heavy atom. The van der Waals surface area contributed by atoms with Gasteiger partial charge in [0, 0.05) is 12.5 Å². The van der Waals surface area contributed by atoms with Gasteiger partial charge in [-0.1, -0.05) is 27.2 Å². The summed E-state index contributed by atoms with van der Waals surface area (Å²) in [4.78, 5) is 10.9. The highest BCUT2D eigenvalue weighted by atomic mass is 16.1. The third-order valence-corrected chi connectivity index (χ3v) is 1.35. The van der Waals surface area contributed by atoms with Crippen LogP contribution in [0.3, 0.4) is 0 Å². The molecule has 0 aliphatic heterocycles. The van der Waals surface area contributed by atoms with Crippen molar-refractivity contribution in [2.75, 3.05) is 6.54 Å². The number of nitrogens with one attached hydrogen (secondary N) is 1. The van der Waals surface area contributed by atoms with Crippen molar-refractivity contribution in [3.8, 4) is 0 Å². The smallest absolute Gasteiger partial charge is 0.222 e. The van der Waals surface area contributed by atoms with Gasteiger partial charge in [-0.3, -0.25) is 4.79 Å². The van der Waals surface area contributed by atoms with Crippen LogP contribution in [0.5, 0.6) is 0 Å². The molecule has 0 bridgehead atoms. The standard InChI is InChI=1S/C8H17NO/c1-4-5-6-9-8(10)7(2)3/h7H,4-6H2,1-3H3,(H,9,10). The van der Waals surface area contributed by atoms with Crippen LogP contribution in [0.4, 0.5) is 0 Å². The van der Waals surface area contributed by atoms with E-state index >= 15 is 0 Å². The summed E-state index contributed by atoms with van der Waals surface area (Å²) in [5.41, 5.74) is 0. The second-order valence-corrected chi connectivity index (χ2v) is 2.80. The summed E-state index contributed by atoms with van der Waals surface area (Å²) in [5, 5.41) is 2.84. The van der Waals surface area contributed by atoms with E-state index in [1.807, 2.05) is 13.8 Å². The lowest BCUT2D eigenvalue weighted by molar-refractivity contribution is -0.123. The summed E-state index contributed by atoms with van der Waals surface area (Å²) in [7, 11) is 0. The second kappa shape index (κ2) is 5.27. The molecule has 0 spiro atoms. The van der Waals surface area contributed by atoms with Crippen LogP contribution in [0.1, 0.15) is 33.6 Å². The molecule has 60 valence electrons. The maximum Gasteiger partial charge on any atom is 0.222 e. The molecule has 0 saturated heterocycles. The summed E-state index contributed by atoms with van der Waals surface area (Å²) >= 11 is 0. The molecule has 0 aliphatic rings. The number of carbonyl (C=O) groups excluding carboxylic acids is 1. The molecule has 0 aromatic rings. The third-order valence-electron chi connectivity index (χ3n) is 1.35. The minimum Gasteiger partial charge on any atom is -0.356 e. The van der Waals surface area contributed by atoms with E-state index in [2.05, 4.69) is 12.2 Å². The fourth-order valence-corrected chi connectivity index (χ4v) is 0.592. The van der Waals surface area contributed by atoms with E-state index in [1.165, 1.54) is 0 Å². The zero-order chi connectivity index (χ0) is 7.98. The van der Waals surface area contributed by atoms with E-state index in [1.54, 1.807) is 0 Å². The van der Waals surface area contributed by atoms with Crippen molar-refractivity contribution in [2.45, 2.75) is 33.6 Å². The maximum atomic E-state index is 10.9. The molecule has 0 aromatic carbocycles. The first-order chi connectivity index (χ1) is 4.68. The van der Waals surface area contributed by atoms with Gasteiger partial charge in [0.25, 0.3) is 0 Å². The minimum atomic E-state index is 0.122. The van der Waals surface area contributed by atoms with E-state index in [0.29, 0.717) is 0 Å². The molecule has 0 rings (SSSR count). The topological polar surface area (TPSA) is 29.1 Å². The molecule has 1 amide bonds. The highest BCUT2D eigenvalue weighted by Gasteiger charge is 2.03. The molecule has 2 nitrogen and oxygen atoms in total. The second-order valence-electron chi connectivity index (χ2n) is 2.80. The Bertz CT molecular complexity index is 99.4. The van der Waals surface area contributed by atoms with E-state index in [9.17, 15) is 4.79 Å². The van der Waals surface area contributed by atoms with Crippen molar-refractivity contribution in [1.29, 1.82) is 0 Å². The van der Waals surface area contributed by atoms with Crippen molar-refractivity contribution in [3.63, 3.8) is 0 Å². The zero-order valence-corrected chi connectivity index (χ0v) is 7.11. The Hall–Kier alpha value is -0.530. The summed E-state index contributed by atoms with van der Waals surface area (Å²) in [6.07, 6.45) is 2.22. The molecule has 0 radical (unpaired) electrons. The summed E-state index contributed by atoms with van der Waals surface area (Å²) < 4.78 is 0. The van der Waals surface area contributed by atoms with Gasteiger partial charge in [0.05, 0.1) is 0 Å². The molecule has 1 N–H and O–H groups in total. The van der Waals surface area contributed by atoms with E-state index in [0.717, 1.165) is 19.4 Å². The van der Waals surface area contributed by atoms with Crippen molar-refractivity contribution < 1.29 is 4.79 Å². The molecule has 0 fully saturated rings. The van der Waals surface area contributed by atoms with Crippen molar-refractivity contribution >= 4 is 5.91 Å². The number of rotatable bonds is 4. The first-order valence-corrected chi connectivity index (χ1v) is 3.96. The lowest BCUT2D eigenvalue weighted by atomic mass is 10.2. The molecule has 2 heteroatoms. The van der Waals surface area contributed by atoms with Crippen molar-refractivity contribution in [3.05, 3.63) is 0 Å². The number of hydrogen-bond donors (Lipinski definition) is 1. The summed E-state index contributed by atoms with van der Waals surface area (Å²) in [6.45, 7) is 6.75. The zero-order valence-electron chi connectivity index (χ0n) is 7.11. The fourth-order valence-electron chi connectivity index (χ4n) is 0.592. The van der Waals surface area contributed by atoms with Crippen LogP contribution in [0.25, 0.3) is 0 Å². The van der Waals surface area contributed by atoms with Gasteiger partial charge < -0.3 is 5.32 Å². The molecular formula is C8H17NO. The van der Waals surface area contributed by atoms with Gasteiger partial charge in [0.1, 0.15) is 0 Å². The molecule has 0 atom stereocenters. The van der Waals surface area contributed by atoms with Gasteiger partial charge in [0.15, 0.2) is 0 Å². The Kier molecular flexibility index (Phi) is 4.99. The Morgan fingerprint density at radius 2 is 2.10 bits per heavy atom. The van der Waals surface area contributed by atoms with Crippen LogP contribution in [0.15, 0.2) is 0 Å². The SMILES string of the molecule is CCCCNC(=O)C(C)C. The number of hydrogen-bond acceptors (Lipinski definition) is 1. The van der Waals surface area contributed by atoms with Gasteiger partial charge in [-0.15, -0.1) is 0 Å². The van der Waals surface area contributed by atoms with Gasteiger partial charge >= 0.3 is 0 Å². The maximum absolute atomic E-state index is 10.9. The van der Waals surface area contributed by atoms with Gasteiger partial charge in [-0.05, 0) is 6.42 Å². The van der Waals surface area contributed by atoms with Crippen LogP contribution >= 0.6 is 0 Å². The Morgan fingerprint density at radius 3 is 2.50 bits per heavy atom. The lowest BCUT2D eigenvalue weighted by Gasteiger charge is -2.05. The van der Waals surface area contributed by atoms with Crippen LogP contribution in [0, 0.1) is 5.92 Å². The number of amides is 1. The molecule has 10 heavy (non-hydrogen) atoms. The van der Waals surface area contributed by atoms with Crippen molar-refractivity contribution in [2.24, 2.45) is 5.92 Å². The monoisotopic (exact) mass is 143 g/mol. The van der Waals surface area contributed by atoms with Gasteiger partial charge in [-0.25, -0.2) is 0 Å². The Labute approximate surface area is 63.0 Å². The molecule has 0 aromatic heterocycles. The van der Waals surface area contributed by atoms with Crippen LogP contribution < -0.4 is 5.32 Å². The summed E-state index contributed by atoms with van der Waals surface area (Å²) in [6, 6.07) is 0. The molecule has 0 saturated carbocycles. The fraction of sp³-hybridized carbons (Fsp3) is 0.875. The molecular weight excluding hydrogens is 126 g/mol. The van der Waals surface area contributed by atoms with Crippen LogP contribution in [-0.4, -0.2) is 12.5 Å². The normalized spacial score (nSPS) is 10.0. The van der Waals surface area contributed by atoms with Gasteiger partial charge in [0.2, 0.25) is 5.91 Å². The van der Waals surface area contributed by atoms with E-state index in [-0.39, 0.29) is 11.8 Å². The van der Waals surface area contributed by atoms with Crippen LogP contribution in [0.2, 0.25) is 0 Å². The van der Waals surface area contributed by atoms with E-state index in [4.69, 9.17) is 0 Å². The largest absolute Gasteiger partial charge is 0.356 e. The van der Waals surface area contributed by atoms with Gasteiger partial charge in [-0.2, -0.15) is 0 Å². The van der Waals surface area contributed by atoms with Crippen LogP contribution in [-0.2, 0) is 4.79 Å². The third kappa shape index (κ3) is 4.36. The predicted octanol–water partition coefficient (Wildman–Crippen LogP) is 1.56. The summed E-state index contributed by atoms with van der Waals surface area (Å²) in [5.74, 6) is 0.283. The highest BCUT2D eigenvalue weighted by Crippen LogP contribution is 1.91. The highest BCUT2D eigenvalue weighted by molar-refractivity contribution is 5.77. The Balaban J connectivity index is 3.22. The number of carbonyl (C=O) groups is 1. The molecule has 0 heterocycles.